The van der Waals surface area contributed by atoms with Crippen LogP contribution in [0.4, 0.5) is 0 Å². The summed E-state index contributed by atoms with van der Waals surface area (Å²) in [6.45, 7) is 5.76. The molecule has 0 saturated heterocycles. The van der Waals surface area contributed by atoms with Crippen molar-refractivity contribution in [1.82, 2.24) is 0 Å². The predicted octanol–water partition coefficient (Wildman–Crippen LogP) is 13.6. The van der Waals surface area contributed by atoms with Crippen molar-refractivity contribution < 1.29 is 140 Å². The number of halogens is 3. The maximum Gasteiger partial charge on any atom is 0.337 e. The van der Waals surface area contributed by atoms with Crippen LogP contribution in [0, 0.1) is 66.1 Å². The number of aliphatic hydroxyl groups excluding tert-OH is 12. The van der Waals surface area contributed by atoms with Crippen LogP contribution in [0.5, 0.6) is 0 Å². The Labute approximate surface area is 845 Å². The Morgan fingerprint density at radius 3 is 0.693 bits per heavy atom. The van der Waals surface area contributed by atoms with Gasteiger partial charge in [0.15, 0.2) is 54.9 Å². The largest absolute Gasteiger partial charge is 0.479 e. The molecule has 0 bridgehead atoms. The molecule has 0 radical (unpaired) electrons. The van der Waals surface area contributed by atoms with Gasteiger partial charge >= 0.3 is 47.8 Å². The van der Waals surface area contributed by atoms with Crippen LogP contribution in [0.2, 0.25) is 0 Å². The van der Waals surface area contributed by atoms with E-state index in [1.807, 2.05) is 214 Å². The third-order valence-corrected chi connectivity index (χ3v) is 22.7. The third-order valence-electron chi connectivity index (χ3n) is 18.3. The van der Waals surface area contributed by atoms with E-state index in [2.05, 4.69) is 47.8 Å². The number of aliphatic carboxylic acids is 8. The molecule has 0 saturated carbocycles. The number of nitriles is 4. The molecule has 12 rings (SSSR count). The highest BCUT2D eigenvalue weighted by Crippen LogP contribution is 2.23. The molecular weight excluding hydrogens is 2070 g/mol. The van der Waals surface area contributed by atoms with Gasteiger partial charge in [-0.15, -0.1) is 0 Å². The van der Waals surface area contributed by atoms with Gasteiger partial charge in [-0.1, -0.05) is 266 Å². The van der Waals surface area contributed by atoms with Crippen molar-refractivity contribution >= 4 is 130 Å². The minimum atomic E-state index is -1.37. The average molecular weight is 2170 g/mol. The first kappa shape index (κ1) is 125. The first-order chi connectivity index (χ1) is 66.4. The summed E-state index contributed by atoms with van der Waals surface area (Å²) in [5, 5.41) is 219. The van der Waals surface area contributed by atoms with Gasteiger partial charge in [0, 0.05) is 87.9 Å². The fraction of sp³-hybridized carbons (Fsp3) is 0.235. The molecule has 32 nitrogen and oxygen atoms in total. The number of rotatable bonds is 29. The Morgan fingerprint density at radius 1 is 0.250 bits per heavy atom. The smallest absolute Gasteiger partial charge is 0.337 e. The number of carboxylic acids is 8. The molecule has 38 heteroatoms. The van der Waals surface area contributed by atoms with Gasteiger partial charge < -0.3 is 102 Å². The van der Waals surface area contributed by atoms with E-state index in [0.717, 1.165) is 80.2 Å². The van der Waals surface area contributed by atoms with E-state index in [4.69, 9.17) is 123 Å². The van der Waals surface area contributed by atoms with E-state index in [1.54, 1.807) is 118 Å². The molecule has 3 aromatic heterocycles. The molecule has 9 aromatic carbocycles. The van der Waals surface area contributed by atoms with Crippen molar-refractivity contribution in [2.75, 3.05) is 0 Å². The number of nitrogens with zero attached hydrogens (tertiary/aromatic N) is 4. The molecule has 0 aliphatic heterocycles. The summed E-state index contributed by atoms with van der Waals surface area (Å²) in [6.07, 6.45) is -12.1. The van der Waals surface area contributed by atoms with E-state index in [0.29, 0.717) is 36.0 Å². The minimum Gasteiger partial charge on any atom is -0.479 e. The quantitative estimate of drug-likeness (QED) is 0.0194. The number of hydrogen-bond donors (Lipinski definition) is 20. The Bertz CT molecular complexity index is 5370. The first-order valence-electron chi connectivity index (χ1n) is 41.5. The number of benzene rings is 9. The average Bonchev–Trinajstić information content (AvgIpc) is 1.72. The van der Waals surface area contributed by atoms with Crippen LogP contribution in [-0.4, -0.2) is 205 Å². The van der Waals surface area contributed by atoms with Crippen LogP contribution in [-0.2, 0) is 96.1 Å². The summed E-state index contributed by atoms with van der Waals surface area (Å²) < 4.78 is 2.56. The number of carboxylic acid groups (broad SMARTS) is 8. The van der Waals surface area contributed by atoms with Gasteiger partial charge in [-0.05, 0) is 156 Å². The molecular formula is C102H107Br3N4O28S3. The van der Waals surface area contributed by atoms with Gasteiger partial charge in [0.05, 0.1) is 24.3 Å². The fourth-order valence-electron chi connectivity index (χ4n) is 10.6. The topological polar surface area (TPSA) is 636 Å². The highest BCUT2D eigenvalue weighted by Gasteiger charge is 2.21. The fourth-order valence-corrected chi connectivity index (χ4v) is 14.0. The van der Waals surface area contributed by atoms with Crippen molar-refractivity contribution in [3.63, 3.8) is 0 Å². The molecule has 6 unspecified atom stereocenters. The zero-order chi connectivity index (χ0) is 105. The van der Waals surface area contributed by atoms with E-state index in [9.17, 15) is 38.4 Å². The Balaban J connectivity index is 0.000000765. The van der Waals surface area contributed by atoms with Crippen molar-refractivity contribution in [2.24, 2.45) is 0 Å². The van der Waals surface area contributed by atoms with Crippen LogP contribution in [0.3, 0.4) is 0 Å². The molecule has 742 valence electrons. The van der Waals surface area contributed by atoms with Gasteiger partial charge in [-0.25, -0.2) is 38.4 Å². The Morgan fingerprint density at radius 2 is 0.457 bits per heavy atom. The molecule has 0 aliphatic rings. The van der Waals surface area contributed by atoms with Crippen molar-refractivity contribution in [1.29, 1.82) is 21.0 Å². The minimum absolute atomic E-state index is 0.122. The lowest BCUT2D eigenvalue weighted by Gasteiger charge is -2.07. The molecule has 140 heavy (non-hydrogen) atoms. The molecule has 12 atom stereocenters. The van der Waals surface area contributed by atoms with Crippen molar-refractivity contribution in [3.05, 3.63) is 384 Å². The maximum atomic E-state index is 10.4. The molecule has 20 N–H and O–H groups in total. The highest BCUT2D eigenvalue weighted by atomic mass is 79.9. The van der Waals surface area contributed by atoms with Crippen molar-refractivity contribution in [2.45, 2.75) is 152 Å². The number of carbonyl (C=O) groups is 8. The monoisotopic (exact) mass is 2170 g/mol. The normalized spacial score (nSPS) is 12.4. The van der Waals surface area contributed by atoms with Crippen LogP contribution in [0.25, 0.3) is 0 Å². The van der Waals surface area contributed by atoms with Gasteiger partial charge in [0.25, 0.3) is 0 Å². The maximum absolute atomic E-state index is 10.4. The third kappa shape index (κ3) is 55.4. The van der Waals surface area contributed by atoms with Crippen LogP contribution >= 0.6 is 81.8 Å². The van der Waals surface area contributed by atoms with Gasteiger partial charge in [0.1, 0.15) is 18.3 Å². The summed E-state index contributed by atoms with van der Waals surface area (Å²) in [6, 6.07) is 84.1. The standard InChI is InChI=1S/C10H11NO.2C10H12O3.C9H8BrNO.2C9H9BrO3.C9H9NO.2C9H10O3.C6H5NOS.2C6H6O3S/c1-8-4-2-3-5-9(8)6-10(12)7-11;2*1-7-4-2-3-5-8(7)6-9(11)10(12)13;10-9-4-2-1-3-7(9)5-8(12)6-11;2*10-7-4-2-1-3-6(7)5-8(11)9(12)13;10-7-9(11)6-8-4-2-1-3-5-8;2*10-8(9(11)12)6-7-4-2-1-3-5-7;7-3-6(8)5-1-2-9-4-5;2*7-5(6(8)9)4-1-2-10-3-4/h2-5,10,12H,6H2,1H3;2*2-5,9,11H,6H2,1H3,(H,12,13);1-4,8,12H,5H2;2*1-4,8,11H,5H2,(H,12,13);1-5,9,11H,6H2;2*1-5,8,10H,6H2,(H,11,12);1-2,4,6,8H;2*1-3,5,7H,(H,8,9)/t;2*9-;;2*8-;;2*8-;;;/m.10.10.10.../s1. The second kappa shape index (κ2) is 72.1. The van der Waals surface area contributed by atoms with E-state index < -0.39 is 121 Å². The summed E-state index contributed by atoms with van der Waals surface area (Å²) in [5.41, 5.74) is 12.6. The Kier molecular flexibility index (Phi) is 64.3. The number of aliphatic hydroxyl groups is 12. The SMILES string of the molecule is Cc1ccccc1CC(O)C#N.Cc1ccccc1C[C@@H](O)C(=O)O.Cc1ccccc1C[C@H](O)C(=O)O.N#CC(O)Cc1ccccc1.N#CC(O)Cc1ccccc1Br.N#CC(O)c1ccsc1.O=C(O)C(O)c1ccsc1.O=C(O)C(O)c1ccsc1.O=C(O)[C@@H](O)Cc1ccccc1.O=C(O)[C@@H](O)Cc1ccccc1Br.O=C(O)[C@H](O)Cc1ccccc1.O=C(O)[C@H](O)Cc1ccccc1Br. The number of aryl methyl sites for hydroxylation is 3. The number of hydrogen-bond acceptors (Lipinski definition) is 27. The summed E-state index contributed by atoms with van der Waals surface area (Å²) in [4.78, 5) is 82.2. The second-order valence-electron chi connectivity index (χ2n) is 29.1. The van der Waals surface area contributed by atoms with E-state index >= 15 is 0 Å². The summed E-state index contributed by atoms with van der Waals surface area (Å²) >= 11 is 14.1. The molecule has 12 aromatic rings. The second-order valence-corrected chi connectivity index (χ2v) is 34.0. The van der Waals surface area contributed by atoms with Crippen LogP contribution in [0.15, 0.2) is 300 Å². The lowest BCUT2D eigenvalue weighted by molar-refractivity contribution is -0.147. The zero-order valence-electron chi connectivity index (χ0n) is 75.4. The molecule has 0 fully saturated rings. The summed E-state index contributed by atoms with van der Waals surface area (Å²) in [5.74, 6) is -9.53. The first-order valence-corrected chi connectivity index (χ1v) is 46.7. The van der Waals surface area contributed by atoms with Gasteiger partial charge in [0.2, 0.25) is 0 Å². The zero-order valence-corrected chi connectivity index (χ0v) is 82.6. The number of thiophene rings is 3. The molecule has 0 spiro atoms. The van der Waals surface area contributed by atoms with Gasteiger partial charge in [-0.2, -0.15) is 55.1 Å². The van der Waals surface area contributed by atoms with Crippen LogP contribution < -0.4 is 0 Å². The lowest BCUT2D eigenvalue weighted by atomic mass is 10.0. The van der Waals surface area contributed by atoms with Gasteiger partial charge in [-0.3, -0.25) is 0 Å². The molecule has 0 amide bonds. The molecule has 0 aliphatic carbocycles. The predicted molar refractivity (Wildman–Crippen MR) is 534 cm³/mol. The van der Waals surface area contributed by atoms with Crippen molar-refractivity contribution in [3.8, 4) is 24.3 Å². The van der Waals surface area contributed by atoms with E-state index in [1.165, 1.54) is 34.0 Å². The highest BCUT2D eigenvalue weighted by molar-refractivity contribution is 9.11. The lowest BCUT2D eigenvalue weighted by Crippen LogP contribution is -2.22. The van der Waals surface area contributed by atoms with E-state index in [-0.39, 0.29) is 38.5 Å². The summed E-state index contributed by atoms with van der Waals surface area (Å²) in [7, 11) is 0. The van der Waals surface area contributed by atoms with Crippen LogP contribution in [0.1, 0.15) is 102 Å². The Hall–Kier alpha value is -13.2. The molecule has 3 heterocycles.